The number of unbranched alkanes of at least 4 members (excludes halogenated alkanes) is 14. The highest BCUT2D eigenvalue weighted by atomic mass is 15.2. The summed E-state index contributed by atoms with van der Waals surface area (Å²) in [4.78, 5) is 0. The molecular weight excluding hydrogens is 472 g/mol. The van der Waals surface area contributed by atoms with Crippen LogP contribution in [0, 0.1) is 0 Å². The first-order valence-electron chi connectivity index (χ1n) is 16.8. The first kappa shape index (κ1) is 33.6. The predicted molar refractivity (Wildman–Crippen MR) is 173 cm³/mol. The molecule has 2 nitrogen and oxygen atoms in total. The first-order valence-corrected chi connectivity index (χ1v) is 16.8. The largest absolute Gasteiger partial charge is 0.289 e. The molecule has 0 bridgehead atoms. The fourth-order valence-corrected chi connectivity index (χ4v) is 5.97. The van der Waals surface area contributed by atoms with E-state index in [1.165, 1.54) is 127 Å². The number of hydrogen-bond acceptors (Lipinski definition) is 2. The maximum Gasteiger partial charge on any atom is 0.122 e. The van der Waals surface area contributed by atoms with Crippen LogP contribution in [0.4, 0.5) is 0 Å². The predicted octanol–water partition coefficient (Wildman–Crippen LogP) is 10.9. The van der Waals surface area contributed by atoms with E-state index in [9.17, 15) is 0 Å². The van der Waals surface area contributed by atoms with E-state index in [0.717, 1.165) is 0 Å². The lowest BCUT2D eigenvalue weighted by atomic mass is 9.88. The van der Waals surface area contributed by atoms with Gasteiger partial charge in [-0.1, -0.05) is 177 Å². The summed E-state index contributed by atoms with van der Waals surface area (Å²) in [5.74, 6) is 0. The molecule has 0 aliphatic heterocycles. The van der Waals surface area contributed by atoms with Gasteiger partial charge in [-0.25, -0.2) is 0 Å². The highest BCUT2D eigenvalue weighted by molar-refractivity contribution is 5.38. The fraction of sp³-hybridized carbons (Fsp3) is 0.676. The van der Waals surface area contributed by atoms with Crippen molar-refractivity contribution in [2.75, 3.05) is 0 Å². The molecule has 0 saturated heterocycles. The van der Waals surface area contributed by atoms with Gasteiger partial charge < -0.3 is 0 Å². The van der Waals surface area contributed by atoms with Crippen molar-refractivity contribution in [2.45, 2.75) is 161 Å². The lowest BCUT2D eigenvalue weighted by Gasteiger charge is -2.42. The smallest absolute Gasteiger partial charge is 0.122 e. The summed E-state index contributed by atoms with van der Waals surface area (Å²) in [6.07, 6.45) is 24.4. The molecule has 220 valence electrons. The summed E-state index contributed by atoms with van der Waals surface area (Å²) < 4.78 is 0. The third kappa shape index (κ3) is 13.5. The van der Waals surface area contributed by atoms with E-state index in [2.05, 4.69) is 99.0 Å². The van der Waals surface area contributed by atoms with Gasteiger partial charge in [-0.05, 0) is 37.8 Å². The molecule has 0 heterocycles. The lowest BCUT2D eigenvalue weighted by Crippen LogP contribution is -2.60. The Morgan fingerprint density at radius 3 is 1.10 bits per heavy atom. The van der Waals surface area contributed by atoms with Crippen LogP contribution in [0.5, 0.6) is 0 Å². The highest BCUT2D eigenvalue weighted by Gasteiger charge is 2.36. The second-order valence-electron chi connectivity index (χ2n) is 12.1. The average Bonchev–Trinajstić information content (AvgIpc) is 2.96. The van der Waals surface area contributed by atoms with Gasteiger partial charge in [0.05, 0.1) is 0 Å². The van der Waals surface area contributed by atoms with E-state index >= 15 is 0 Å². The Kier molecular flexibility index (Phi) is 18.2. The summed E-state index contributed by atoms with van der Waals surface area (Å²) in [5.41, 5.74) is 2.23. The SMILES string of the molecule is CCCCCCCCCCC(C)NC(NC(C)CCCCCCCCCC)(c1ccccc1)c1ccccc1. The normalized spacial score (nSPS) is 13.4. The zero-order valence-corrected chi connectivity index (χ0v) is 26.2. The van der Waals surface area contributed by atoms with E-state index in [1.54, 1.807) is 0 Å². The minimum absolute atomic E-state index is 0.387. The molecule has 2 heteroatoms. The van der Waals surface area contributed by atoms with Gasteiger partial charge >= 0.3 is 0 Å². The van der Waals surface area contributed by atoms with Gasteiger partial charge in [-0.2, -0.15) is 0 Å². The lowest BCUT2D eigenvalue weighted by molar-refractivity contribution is 0.245. The van der Waals surface area contributed by atoms with E-state index < -0.39 is 0 Å². The molecule has 0 amide bonds. The van der Waals surface area contributed by atoms with Gasteiger partial charge in [0.1, 0.15) is 5.66 Å². The molecule has 2 aromatic carbocycles. The number of hydrogen-bond donors (Lipinski definition) is 2. The maximum atomic E-state index is 4.13. The highest BCUT2D eigenvalue weighted by Crippen LogP contribution is 2.30. The molecule has 2 aromatic rings. The number of nitrogens with one attached hydrogen (secondary N) is 2. The van der Waals surface area contributed by atoms with Gasteiger partial charge in [-0.15, -0.1) is 0 Å². The molecule has 0 aliphatic rings. The van der Waals surface area contributed by atoms with Crippen LogP contribution >= 0.6 is 0 Å². The number of benzene rings is 2. The topological polar surface area (TPSA) is 24.1 Å². The quantitative estimate of drug-likeness (QED) is 0.103. The van der Waals surface area contributed by atoms with Gasteiger partial charge in [-0.3, -0.25) is 10.6 Å². The molecule has 39 heavy (non-hydrogen) atoms. The Balaban J connectivity index is 2.01. The van der Waals surface area contributed by atoms with E-state index in [4.69, 9.17) is 0 Å². The monoisotopic (exact) mass is 534 g/mol. The van der Waals surface area contributed by atoms with Gasteiger partial charge in [0.15, 0.2) is 0 Å². The van der Waals surface area contributed by atoms with Crippen LogP contribution in [0.1, 0.15) is 154 Å². The van der Waals surface area contributed by atoms with Gasteiger partial charge in [0, 0.05) is 12.1 Å². The van der Waals surface area contributed by atoms with Gasteiger partial charge in [0.25, 0.3) is 0 Å². The first-order chi connectivity index (χ1) is 19.1. The zero-order chi connectivity index (χ0) is 28.0. The van der Waals surface area contributed by atoms with Crippen molar-refractivity contribution in [3.8, 4) is 0 Å². The number of rotatable bonds is 24. The average molecular weight is 535 g/mol. The summed E-state index contributed by atoms with van der Waals surface area (Å²) in [7, 11) is 0. The minimum atomic E-state index is -0.387. The van der Waals surface area contributed by atoms with Crippen molar-refractivity contribution in [1.29, 1.82) is 0 Å². The second-order valence-corrected chi connectivity index (χ2v) is 12.1. The summed E-state index contributed by atoms with van der Waals surface area (Å²) in [5, 5.41) is 8.26. The molecule has 0 aromatic heterocycles. The van der Waals surface area contributed by atoms with Gasteiger partial charge in [0.2, 0.25) is 0 Å². The van der Waals surface area contributed by atoms with Crippen LogP contribution in [-0.4, -0.2) is 12.1 Å². The van der Waals surface area contributed by atoms with Crippen molar-refractivity contribution >= 4 is 0 Å². The Morgan fingerprint density at radius 2 is 0.769 bits per heavy atom. The second kappa shape index (κ2) is 21.2. The molecule has 0 fully saturated rings. The third-order valence-corrected chi connectivity index (χ3v) is 8.32. The Bertz CT molecular complexity index is 733. The molecule has 2 N–H and O–H groups in total. The van der Waals surface area contributed by atoms with E-state index in [1.807, 2.05) is 0 Å². The van der Waals surface area contributed by atoms with Crippen molar-refractivity contribution in [3.63, 3.8) is 0 Å². The van der Waals surface area contributed by atoms with E-state index in [-0.39, 0.29) is 5.66 Å². The third-order valence-electron chi connectivity index (χ3n) is 8.32. The van der Waals surface area contributed by atoms with Crippen molar-refractivity contribution in [2.24, 2.45) is 0 Å². The Hall–Kier alpha value is -1.64. The summed E-state index contributed by atoms with van der Waals surface area (Å²) >= 11 is 0. The molecule has 2 rings (SSSR count). The molecule has 2 unspecified atom stereocenters. The van der Waals surface area contributed by atoms with Crippen LogP contribution in [0.2, 0.25) is 0 Å². The molecular formula is C37H62N2. The molecule has 2 atom stereocenters. The van der Waals surface area contributed by atoms with Crippen LogP contribution in [0.25, 0.3) is 0 Å². The van der Waals surface area contributed by atoms with Crippen LogP contribution in [-0.2, 0) is 5.66 Å². The standard InChI is InChI=1S/C37H62N2/c1-5-7-9-11-13-15-17-21-27-33(3)38-37(35-29-23-19-24-30-35,36-31-25-20-26-32-36)39-34(4)28-22-18-16-14-12-10-8-6-2/h19-20,23-26,29-34,38-39H,5-18,21-22,27-28H2,1-4H3. The van der Waals surface area contributed by atoms with Crippen LogP contribution in [0.15, 0.2) is 60.7 Å². The van der Waals surface area contributed by atoms with Crippen molar-refractivity contribution in [3.05, 3.63) is 71.8 Å². The summed E-state index contributed by atoms with van der Waals surface area (Å²) in [6, 6.07) is 23.0. The fourth-order valence-electron chi connectivity index (χ4n) is 5.97. The van der Waals surface area contributed by atoms with E-state index in [0.29, 0.717) is 12.1 Å². The van der Waals surface area contributed by atoms with Crippen LogP contribution in [0.3, 0.4) is 0 Å². The Morgan fingerprint density at radius 1 is 0.462 bits per heavy atom. The molecule has 0 radical (unpaired) electrons. The Labute approximate surface area is 243 Å². The molecule has 0 saturated carbocycles. The maximum absolute atomic E-state index is 4.13. The molecule has 0 aliphatic carbocycles. The molecule has 0 spiro atoms. The van der Waals surface area contributed by atoms with Crippen molar-refractivity contribution in [1.82, 2.24) is 10.6 Å². The van der Waals surface area contributed by atoms with Crippen LogP contribution < -0.4 is 10.6 Å². The zero-order valence-electron chi connectivity index (χ0n) is 26.2. The van der Waals surface area contributed by atoms with Crippen molar-refractivity contribution < 1.29 is 0 Å². The minimum Gasteiger partial charge on any atom is -0.289 e. The summed E-state index contributed by atoms with van der Waals surface area (Å²) in [6.45, 7) is 9.36.